The van der Waals surface area contributed by atoms with E-state index in [-0.39, 0.29) is 17.1 Å². The highest BCUT2D eigenvalue weighted by Gasteiger charge is 2.17. The van der Waals surface area contributed by atoms with Gasteiger partial charge in [0.15, 0.2) is 5.69 Å². The molecule has 5 rings (SSSR count). The number of aryl methyl sites for hydroxylation is 1. The molecule has 10 heteroatoms. The molecule has 0 unspecified atom stereocenters. The van der Waals surface area contributed by atoms with Crippen LogP contribution in [0.5, 0.6) is 0 Å². The number of H-pyrrole nitrogens is 1. The molecule has 154 valence electrons. The summed E-state index contributed by atoms with van der Waals surface area (Å²) in [4.78, 5) is 32.1. The van der Waals surface area contributed by atoms with E-state index in [9.17, 15) is 9.59 Å². The Hall–Kier alpha value is -3.43. The van der Waals surface area contributed by atoms with Crippen molar-refractivity contribution in [3.8, 4) is 11.4 Å². The van der Waals surface area contributed by atoms with Gasteiger partial charge < -0.3 is 19.2 Å². The van der Waals surface area contributed by atoms with E-state index in [0.717, 1.165) is 4.47 Å². The van der Waals surface area contributed by atoms with Crippen LogP contribution < -0.4 is 10.9 Å². The number of fused-ring (bicyclic) bond motifs is 3. The molecule has 8 nitrogen and oxygen atoms in total. The van der Waals surface area contributed by atoms with E-state index >= 15 is 0 Å². The number of hydrogen-bond donors (Lipinski definition) is 2. The minimum absolute atomic E-state index is 0.139. The topological polar surface area (TPSA) is 114 Å². The highest BCUT2D eigenvalue weighted by atomic mass is 79.9. The monoisotopic (exact) mass is 498 g/mol. The van der Waals surface area contributed by atoms with Crippen LogP contribution >= 0.6 is 27.5 Å². The van der Waals surface area contributed by atoms with Crippen molar-refractivity contribution in [2.24, 2.45) is 0 Å². The predicted molar refractivity (Wildman–Crippen MR) is 119 cm³/mol. The molecular formula is C21H12BrClN4O4. The van der Waals surface area contributed by atoms with Gasteiger partial charge in [-0.25, -0.2) is 4.98 Å². The number of anilines is 1. The predicted octanol–water partition coefficient (Wildman–Crippen LogP) is 5.30. The number of carbonyl (C=O) groups is 1. The molecule has 0 aliphatic carbocycles. The first-order valence-electron chi connectivity index (χ1n) is 9.06. The number of furan rings is 1. The van der Waals surface area contributed by atoms with Crippen molar-refractivity contribution in [1.29, 1.82) is 0 Å². The molecule has 3 heterocycles. The first kappa shape index (κ1) is 19.5. The van der Waals surface area contributed by atoms with Crippen LogP contribution in [-0.4, -0.2) is 21.0 Å². The second-order valence-electron chi connectivity index (χ2n) is 6.81. The van der Waals surface area contributed by atoms with Gasteiger partial charge in [-0.15, -0.1) is 0 Å². The van der Waals surface area contributed by atoms with Crippen LogP contribution in [0.25, 0.3) is 33.5 Å². The maximum absolute atomic E-state index is 12.6. The minimum Gasteiger partial charge on any atom is -0.449 e. The van der Waals surface area contributed by atoms with Crippen LogP contribution in [0, 0.1) is 6.92 Å². The lowest BCUT2D eigenvalue weighted by molar-refractivity contribution is 0.101. The van der Waals surface area contributed by atoms with E-state index in [1.165, 1.54) is 6.07 Å². The standard InChI is InChI=1S/C21H12BrClN4O4/c1-9-6-15(27-31-9)20(28)24-11-3-4-12(14(23)8-11)19-25-17-13-7-10(22)2-5-16(13)30-18(17)21(29)26-19/h2-8H,1H3,(H,24,28)(H,25,26,29). The maximum atomic E-state index is 12.6. The van der Waals surface area contributed by atoms with Gasteiger partial charge in [-0.2, -0.15) is 0 Å². The first-order chi connectivity index (χ1) is 14.9. The fraction of sp³-hybridized carbons (Fsp3) is 0.0476. The molecule has 31 heavy (non-hydrogen) atoms. The molecule has 0 saturated carbocycles. The van der Waals surface area contributed by atoms with Crippen molar-refractivity contribution in [2.45, 2.75) is 6.92 Å². The molecular weight excluding hydrogens is 488 g/mol. The Morgan fingerprint density at radius 1 is 1.19 bits per heavy atom. The Kier molecular flexibility index (Phi) is 4.64. The largest absolute Gasteiger partial charge is 0.449 e. The lowest BCUT2D eigenvalue weighted by Crippen LogP contribution is -2.12. The second-order valence-corrected chi connectivity index (χ2v) is 8.13. The lowest BCUT2D eigenvalue weighted by Gasteiger charge is -2.07. The molecule has 0 radical (unpaired) electrons. The van der Waals surface area contributed by atoms with Crippen molar-refractivity contribution < 1.29 is 13.7 Å². The third kappa shape index (κ3) is 3.51. The molecule has 1 amide bonds. The van der Waals surface area contributed by atoms with E-state index < -0.39 is 11.5 Å². The van der Waals surface area contributed by atoms with Crippen molar-refractivity contribution >= 4 is 61.2 Å². The van der Waals surface area contributed by atoms with Gasteiger partial charge in [-0.3, -0.25) is 9.59 Å². The Balaban J connectivity index is 1.54. The smallest absolute Gasteiger partial charge is 0.294 e. The van der Waals surface area contributed by atoms with Crippen LogP contribution in [-0.2, 0) is 0 Å². The molecule has 0 aliphatic rings. The highest BCUT2D eigenvalue weighted by Crippen LogP contribution is 2.32. The Bertz CT molecular complexity index is 1550. The molecule has 0 fully saturated rings. The zero-order valence-corrected chi connectivity index (χ0v) is 18.2. The molecule has 0 aliphatic heterocycles. The summed E-state index contributed by atoms with van der Waals surface area (Å²) in [7, 11) is 0. The normalized spacial score (nSPS) is 11.3. The molecule has 0 saturated heterocycles. The second kappa shape index (κ2) is 7.36. The quantitative estimate of drug-likeness (QED) is 0.348. The molecule has 2 aromatic carbocycles. The van der Waals surface area contributed by atoms with Crippen molar-refractivity contribution in [2.75, 3.05) is 5.32 Å². The van der Waals surface area contributed by atoms with Crippen LogP contribution in [0.3, 0.4) is 0 Å². The molecule has 0 atom stereocenters. The van der Waals surface area contributed by atoms with E-state index in [2.05, 4.69) is 36.4 Å². The molecule has 0 spiro atoms. The number of carbonyl (C=O) groups excluding carboxylic acids is 1. The molecule has 5 aromatic rings. The van der Waals surface area contributed by atoms with Crippen molar-refractivity contribution in [3.05, 3.63) is 73.8 Å². The van der Waals surface area contributed by atoms with Crippen LogP contribution in [0.1, 0.15) is 16.2 Å². The van der Waals surface area contributed by atoms with Crippen LogP contribution in [0.15, 0.2) is 60.7 Å². The van der Waals surface area contributed by atoms with E-state index in [4.69, 9.17) is 20.5 Å². The minimum atomic E-state index is -0.427. The summed E-state index contributed by atoms with van der Waals surface area (Å²) in [5.41, 5.74) is 1.83. The summed E-state index contributed by atoms with van der Waals surface area (Å²) in [6, 6.07) is 11.8. The van der Waals surface area contributed by atoms with Gasteiger partial charge in [-0.05, 0) is 43.3 Å². The Labute approximate surface area is 187 Å². The van der Waals surface area contributed by atoms with Gasteiger partial charge in [0, 0.05) is 27.2 Å². The number of rotatable bonds is 3. The Morgan fingerprint density at radius 2 is 2.03 bits per heavy atom. The summed E-state index contributed by atoms with van der Waals surface area (Å²) in [5.74, 6) is 0.391. The SMILES string of the molecule is Cc1cc(C(=O)Nc2ccc(-c3nc4c(oc5ccc(Br)cc54)c(=O)[nH]3)c(Cl)c2)no1. The summed E-state index contributed by atoms with van der Waals surface area (Å²) in [6.45, 7) is 1.70. The van der Waals surface area contributed by atoms with E-state index in [1.807, 2.05) is 12.1 Å². The zero-order valence-electron chi connectivity index (χ0n) is 15.8. The number of benzene rings is 2. The van der Waals surface area contributed by atoms with Gasteiger partial charge in [0.05, 0.1) is 5.02 Å². The fourth-order valence-electron chi connectivity index (χ4n) is 3.21. The summed E-state index contributed by atoms with van der Waals surface area (Å²) >= 11 is 9.86. The van der Waals surface area contributed by atoms with Crippen LogP contribution in [0.2, 0.25) is 5.02 Å². The third-order valence-corrected chi connectivity index (χ3v) is 5.43. The number of amides is 1. The number of hydrogen-bond acceptors (Lipinski definition) is 6. The van der Waals surface area contributed by atoms with E-state index in [1.54, 1.807) is 31.2 Å². The van der Waals surface area contributed by atoms with Gasteiger partial charge >= 0.3 is 0 Å². The van der Waals surface area contributed by atoms with Gasteiger partial charge in [0.1, 0.15) is 22.7 Å². The van der Waals surface area contributed by atoms with Gasteiger partial charge in [0.2, 0.25) is 5.58 Å². The zero-order chi connectivity index (χ0) is 21.7. The number of aromatic amines is 1. The van der Waals surface area contributed by atoms with E-state index in [0.29, 0.717) is 38.5 Å². The fourth-order valence-corrected chi connectivity index (χ4v) is 3.84. The molecule has 3 aromatic heterocycles. The average Bonchev–Trinajstić information content (AvgIpc) is 3.32. The number of nitrogens with one attached hydrogen (secondary N) is 2. The third-order valence-electron chi connectivity index (χ3n) is 4.63. The highest BCUT2D eigenvalue weighted by molar-refractivity contribution is 9.10. The first-order valence-corrected chi connectivity index (χ1v) is 10.2. The number of aromatic nitrogens is 3. The van der Waals surface area contributed by atoms with Gasteiger partial charge in [0.25, 0.3) is 11.5 Å². The average molecular weight is 500 g/mol. The maximum Gasteiger partial charge on any atom is 0.294 e. The summed E-state index contributed by atoms with van der Waals surface area (Å²) in [5, 5.41) is 7.39. The lowest BCUT2D eigenvalue weighted by atomic mass is 10.1. The summed E-state index contributed by atoms with van der Waals surface area (Å²) in [6.07, 6.45) is 0. The number of nitrogens with zero attached hydrogens (tertiary/aromatic N) is 2. The summed E-state index contributed by atoms with van der Waals surface area (Å²) < 4.78 is 11.4. The number of halogens is 2. The van der Waals surface area contributed by atoms with Crippen molar-refractivity contribution in [3.63, 3.8) is 0 Å². The van der Waals surface area contributed by atoms with Crippen LogP contribution in [0.4, 0.5) is 5.69 Å². The molecule has 0 bridgehead atoms. The van der Waals surface area contributed by atoms with Gasteiger partial charge in [-0.1, -0.05) is 32.7 Å². The molecule has 2 N–H and O–H groups in total. The van der Waals surface area contributed by atoms with Crippen molar-refractivity contribution in [1.82, 2.24) is 15.1 Å². The Morgan fingerprint density at radius 3 is 2.77 bits per heavy atom.